The Balaban J connectivity index is 2.99. The largest absolute Gasteiger partial charge is 0.543 e. The number of quaternary nitrogens is 1. The Bertz CT molecular complexity index is 319. The summed E-state index contributed by atoms with van der Waals surface area (Å²) in [5, 5.41) is 10.5. The topological polar surface area (TPSA) is 114 Å². The van der Waals surface area contributed by atoms with Crippen molar-refractivity contribution < 1.29 is 29.8 Å². The first-order valence-corrected chi connectivity index (χ1v) is 5.60. The van der Waals surface area contributed by atoms with Crippen molar-refractivity contribution >= 4 is 13.3 Å². The molecule has 1 heterocycles. The third-order valence-corrected chi connectivity index (χ3v) is 2.77. The van der Waals surface area contributed by atoms with Gasteiger partial charge in [0.05, 0.1) is 0 Å². The summed E-state index contributed by atoms with van der Waals surface area (Å²) >= 11 is 0. The highest BCUT2D eigenvalue weighted by Crippen LogP contribution is 2.48. The standard InChI is InChI=1S/C6H10NO5P/c1-13(10,11)4-2-6(7,3-12-4)5(8)9/h2H,3,7H2,1H3,(H,8,9)(H,10,11)/t6-/m0/s1. The minimum absolute atomic E-state index is 0.216. The first-order chi connectivity index (χ1) is 5.76. The van der Waals surface area contributed by atoms with E-state index < -0.39 is 18.9 Å². The van der Waals surface area contributed by atoms with Gasteiger partial charge in [-0.1, -0.05) is 0 Å². The second-order valence-electron chi connectivity index (χ2n) is 3.09. The van der Waals surface area contributed by atoms with E-state index in [9.17, 15) is 14.5 Å². The van der Waals surface area contributed by atoms with Crippen LogP contribution in [0.1, 0.15) is 0 Å². The summed E-state index contributed by atoms with van der Waals surface area (Å²) < 4.78 is 15.8. The Morgan fingerprint density at radius 2 is 2.46 bits per heavy atom. The van der Waals surface area contributed by atoms with E-state index in [2.05, 4.69) is 5.73 Å². The summed E-state index contributed by atoms with van der Waals surface area (Å²) in [6.45, 7) is 0.808. The third kappa shape index (κ3) is 1.91. The number of carboxylic acid groups (broad SMARTS) is 1. The summed E-state index contributed by atoms with van der Waals surface area (Å²) in [5.41, 5.74) is 1.58. The van der Waals surface area contributed by atoms with Crippen molar-refractivity contribution in [2.45, 2.75) is 5.54 Å². The lowest BCUT2D eigenvalue weighted by atomic mass is 10.1. The molecule has 0 saturated heterocycles. The number of hydrogen-bond donors (Lipinski definition) is 2. The van der Waals surface area contributed by atoms with Crippen molar-refractivity contribution in [3.63, 3.8) is 0 Å². The van der Waals surface area contributed by atoms with Crippen molar-refractivity contribution in [1.29, 1.82) is 0 Å². The molecule has 1 rings (SSSR count). The summed E-state index contributed by atoms with van der Waals surface area (Å²) in [4.78, 5) is 19.6. The first kappa shape index (κ1) is 10.2. The van der Waals surface area contributed by atoms with E-state index >= 15 is 0 Å². The zero-order valence-electron chi connectivity index (χ0n) is 7.02. The van der Waals surface area contributed by atoms with Crippen molar-refractivity contribution in [3.05, 3.63) is 11.6 Å². The maximum Gasteiger partial charge on any atom is 0.260 e. The molecule has 4 N–H and O–H groups in total. The summed E-state index contributed by atoms with van der Waals surface area (Å²) in [6, 6.07) is 0. The molecule has 1 aliphatic heterocycles. The summed E-state index contributed by atoms with van der Waals surface area (Å²) in [6.07, 6.45) is 1.03. The van der Waals surface area contributed by atoms with Gasteiger partial charge in [0.25, 0.3) is 7.37 Å². The van der Waals surface area contributed by atoms with Crippen LogP contribution < -0.4 is 10.8 Å². The monoisotopic (exact) mass is 207 g/mol. The third-order valence-electron chi connectivity index (χ3n) is 1.69. The molecule has 0 radical (unpaired) electrons. The Morgan fingerprint density at radius 3 is 2.69 bits per heavy atom. The quantitative estimate of drug-likeness (QED) is 0.485. The number of carbonyl (C=O) groups is 1. The average molecular weight is 207 g/mol. The van der Waals surface area contributed by atoms with Gasteiger partial charge >= 0.3 is 0 Å². The highest BCUT2D eigenvalue weighted by Gasteiger charge is 2.40. The van der Waals surface area contributed by atoms with Gasteiger partial charge in [-0.25, -0.2) is 0 Å². The molecule has 13 heavy (non-hydrogen) atoms. The molecule has 0 amide bonds. The van der Waals surface area contributed by atoms with Gasteiger partial charge in [-0.3, -0.25) is 4.57 Å². The van der Waals surface area contributed by atoms with E-state index in [0.717, 1.165) is 12.7 Å². The molecule has 74 valence electrons. The van der Waals surface area contributed by atoms with Crippen LogP contribution in [0.4, 0.5) is 0 Å². The zero-order chi connectivity index (χ0) is 10.3. The van der Waals surface area contributed by atoms with Gasteiger partial charge in [0.2, 0.25) is 0 Å². The van der Waals surface area contributed by atoms with Crippen molar-refractivity contribution in [1.82, 2.24) is 0 Å². The van der Waals surface area contributed by atoms with Crippen LogP contribution in [0.2, 0.25) is 0 Å². The molecule has 0 saturated carbocycles. The van der Waals surface area contributed by atoms with Crippen LogP contribution >= 0.6 is 7.37 Å². The first-order valence-electron chi connectivity index (χ1n) is 3.49. The molecule has 0 spiro atoms. The maximum atomic E-state index is 11.0. The van der Waals surface area contributed by atoms with Crippen LogP contribution in [-0.2, 0) is 14.1 Å². The van der Waals surface area contributed by atoms with Crippen LogP contribution in [-0.4, -0.2) is 29.7 Å². The molecule has 0 aromatic carbocycles. The Kier molecular flexibility index (Phi) is 2.23. The number of ether oxygens (including phenoxy) is 1. The molecule has 7 heteroatoms. The van der Waals surface area contributed by atoms with Gasteiger partial charge in [0, 0.05) is 12.7 Å². The SMILES string of the molecule is CP(=O)(O)C1=C[C@@]([NH3+])(C(=O)[O-])CO1. The molecule has 0 fully saturated rings. The Morgan fingerprint density at radius 1 is 1.92 bits per heavy atom. The number of rotatable bonds is 2. The molecule has 0 aromatic rings. The second-order valence-corrected chi connectivity index (χ2v) is 5.29. The second kappa shape index (κ2) is 2.83. The molecule has 1 aliphatic rings. The Hall–Kier alpha value is -0.840. The fraction of sp³-hybridized carbons (Fsp3) is 0.500. The van der Waals surface area contributed by atoms with E-state index in [-0.39, 0.29) is 12.1 Å². The number of aliphatic carboxylic acids is 1. The number of carbonyl (C=O) groups excluding carboxylic acids is 1. The molecule has 6 nitrogen and oxygen atoms in total. The fourth-order valence-corrected chi connectivity index (χ4v) is 1.67. The predicted octanol–water partition coefficient (Wildman–Crippen LogP) is -2.51. The highest BCUT2D eigenvalue weighted by molar-refractivity contribution is 7.61. The van der Waals surface area contributed by atoms with Crippen LogP contribution in [0, 0.1) is 0 Å². The molecule has 2 atom stereocenters. The van der Waals surface area contributed by atoms with Gasteiger partial charge in [-0.05, 0) is 0 Å². The smallest absolute Gasteiger partial charge is 0.260 e. The normalized spacial score (nSPS) is 31.8. The molecule has 0 aromatic heterocycles. The predicted molar refractivity (Wildman–Crippen MR) is 40.4 cm³/mol. The van der Waals surface area contributed by atoms with E-state index in [4.69, 9.17) is 9.63 Å². The lowest BCUT2D eigenvalue weighted by Gasteiger charge is -2.15. The lowest BCUT2D eigenvalue weighted by molar-refractivity contribution is -0.471. The van der Waals surface area contributed by atoms with Gasteiger partial charge in [-0.15, -0.1) is 0 Å². The van der Waals surface area contributed by atoms with Gasteiger partial charge in [-0.2, -0.15) is 0 Å². The number of hydrogen-bond acceptors (Lipinski definition) is 4. The minimum atomic E-state index is -3.53. The van der Waals surface area contributed by atoms with E-state index in [1.807, 2.05) is 0 Å². The molecular weight excluding hydrogens is 197 g/mol. The minimum Gasteiger partial charge on any atom is -0.543 e. The Labute approximate surface area is 74.4 Å². The van der Waals surface area contributed by atoms with Gasteiger partial charge in [0.1, 0.15) is 5.97 Å². The van der Waals surface area contributed by atoms with Gasteiger partial charge in [0.15, 0.2) is 17.6 Å². The van der Waals surface area contributed by atoms with Crippen LogP contribution in [0.5, 0.6) is 0 Å². The fourth-order valence-electron chi connectivity index (χ4n) is 0.880. The van der Waals surface area contributed by atoms with Crippen molar-refractivity contribution in [3.8, 4) is 0 Å². The maximum absolute atomic E-state index is 11.0. The summed E-state index contributed by atoms with van der Waals surface area (Å²) in [7, 11) is -3.53. The highest BCUT2D eigenvalue weighted by atomic mass is 31.2. The molecule has 1 unspecified atom stereocenters. The molecule has 0 bridgehead atoms. The van der Waals surface area contributed by atoms with Gasteiger partial charge < -0.3 is 25.3 Å². The van der Waals surface area contributed by atoms with Crippen LogP contribution in [0.3, 0.4) is 0 Å². The van der Waals surface area contributed by atoms with Crippen LogP contribution in [0.15, 0.2) is 11.6 Å². The molecular formula is C6H10NO5P. The average Bonchev–Trinajstić information content (AvgIpc) is 2.31. The summed E-state index contributed by atoms with van der Waals surface area (Å²) in [5.74, 6) is -1.42. The van der Waals surface area contributed by atoms with E-state index in [1.165, 1.54) is 0 Å². The van der Waals surface area contributed by atoms with E-state index in [0.29, 0.717) is 0 Å². The van der Waals surface area contributed by atoms with Crippen LogP contribution in [0.25, 0.3) is 0 Å². The number of carboxylic acids is 1. The van der Waals surface area contributed by atoms with Crippen molar-refractivity contribution in [2.75, 3.05) is 13.3 Å². The molecule has 0 aliphatic carbocycles. The zero-order valence-corrected chi connectivity index (χ0v) is 7.91. The van der Waals surface area contributed by atoms with Crippen molar-refractivity contribution in [2.24, 2.45) is 0 Å². The van der Waals surface area contributed by atoms with E-state index in [1.54, 1.807) is 0 Å². The lowest BCUT2D eigenvalue weighted by Crippen LogP contribution is -2.79.